The minimum Gasteiger partial charge on any atom is -0.381 e. The molecule has 0 aromatic rings. The molecule has 0 bridgehead atoms. The van der Waals surface area contributed by atoms with Crippen LogP contribution in [0.15, 0.2) is 0 Å². The Hall–Kier alpha value is -0.810. The van der Waals surface area contributed by atoms with Gasteiger partial charge in [0.1, 0.15) is 0 Å². The number of carbonyl (C=O) groups is 1. The molecule has 5 nitrogen and oxygen atoms in total. The van der Waals surface area contributed by atoms with E-state index in [4.69, 9.17) is 9.47 Å². The average molecular weight is 270 g/mol. The van der Waals surface area contributed by atoms with Crippen molar-refractivity contribution >= 4 is 6.03 Å². The van der Waals surface area contributed by atoms with Gasteiger partial charge in [0, 0.05) is 25.1 Å². The molecule has 2 saturated heterocycles. The van der Waals surface area contributed by atoms with Gasteiger partial charge in [-0.3, -0.25) is 0 Å². The van der Waals surface area contributed by atoms with E-state index in [1.807, 2.05) is 4.90 Å². The van der Waals surface area contributed by atoms with Crippen molar-refractivity contribution in [3.05, 3.63) is 0 Å². The molecule has 110 valence electrons. The highest BCUT2D eigenvalue weighted by atomic mass is 16.5. The van der Waals surface area contributed by atoms with Crippen molar-refractivity contribution in [2.24, 2.45) is 5.92 Å². The summed E-state index contributed by atoms with van der Waals surface area (Å²) in [5.74, 6) is 0.447. The summed E-state index contributed by atoms with van der Waals surface area (Å²) in [5, 5.41) is 3.10. The maximum atomic E-state index is 12.3. The highest BCUT2D eigenvalue weighted by molar-refractivity contribution is 5.74. The third kappa shape index (κ3) is 3.60. The summed E-state index contributed by atoms with van der Waals surface area (Å²) in [5.41, 5.74) is -0.199. The van der Waals surface area contributed by atoms with Gasteiger partial charge in [-0.05, 0) is 26.7 Å². The Kier molecular flexibility index (Phi) is 4.68. The zero-order valence-electron chi connectivity index (χ0n) is 12.3. The first-order valence-electron chi connectivity index (χ1n) is 7.31. The van der Waals surface area contributed by atoms with Crippen molar-refractivity contribution in [1.82, 2.24) is 10.2 Å². The molecular weight excluding hydrogens is 244 g/mol. The number of ether oxygens (including phenoxy) is 2. The molecule has 1 N–H and O–H groups in total. The number of nitrogens with one attached hydrogen (secondary N) is 1. The molecule has 2 fully saturated rings. The number of urea groups is 1. The molecule has 19 heavy (non-hydrogen) atoms. The Morgan fingerprint density at radius 2 is 2.32 bits per heavy atom. The Labute approximate surface area is 115 Å². The lowest BCUT2D eigenvalue weighted by Gasteiger charge is -2.40. The Morgan fingerprint density at radius 3 is 2.95 bits per heavy atom. The molecule has 3 unspecified atom stereocenters. The number of nitrogens with zero attached hydrogens (tertiary/aromatic N) is 1. The van der Waals surface area contributed by atoms with Crippen LogP contribution < -0.4 is 5.32 Å². The van der Waals surface area contributed by atoms with Crippen LogP contribution in [0.1, 0.15) is 33.6 Å². The minimum absolute atomic E-state index is 0.0300. The number of hydrogen-bond donors (Lipinski definition) is 1. The van der Waals surface area contributed by atoms with Crippen LogP contribution in [0.5, 0.6) is 0 Å². The maximum Gasteiger partial charge on any atom is 0.317 e. The number of rotatable bonds is 3. The van der Waals surface area contributed by atoms with Gasteiger partial charge in [-0.15, -0.1) is 0 Å². The summed E-state index contributed by atoms with van der Waals surface area (Å²) in [6.07, 6.45) is 1.96. The molecule has 2 aliphatic heterocycles. The zero-order chi connectivity index (χ0) is 13.9. The molecule has 0 spiro atoms. The van der Waals surface area contributed by atoms with Crippen LogP contribution in [0.4, 0.5) is 4.79 Å². The lowest BCUT2D eigenvalue weighted by Crippen LogP contribution is -2.56. The van der Waals surface area contributed by atoms with Crippen LogP contribution in [0.25, 0.3) is 0 Å². The number of hydrogen-bond acceptors (Lipinski definition) is 3. The van der Waals surface area contributed by atoms with Crippen LogP contribution in [-0.4, -0.2) is 55.5 Å². The molecule has 0 aliphatic carbocycles. The van der Waals surface area contributed by atoms with Crippen molar-refractivity contribution in [3.8, 4) is 0 Å². The van der Waals surface area contributed by atoms with Crippen LogP contribution >= 0.6 is 0 Å². The van der Waals surface area contributed by atoms with E-state index in [9.17, 15) is 4.79 Å². The number of amides is 2. The van der Waals surface area contributed by atoms with Crippen molar-refractivity contribution in [1.29, 1.82) is 0 Å². The Bertz CT molecular complexity index is 318. The zero-order valence-corrected chi connectivity index (χ0v) is 12.3. The molecule has 5 heteroatoms. The summed E-state index contributed by atoms with van der Waals surface area (Å²) in [7, 11) is 0. The summed E-state index contributed by atoms with van der Waals surface area (Å²) < 4.78 is 11.1. The first-order chi connectivity index (χ1) is 9.04. The van der Waals surface area contributed by atoms with Gasteiger partial charge < -0.3 is 19.7 Å². The molecular formula is C14H26N2O3. The molecule has 0 aromatic carbocycles. The molecule has 0 aromatic heterocycles. The van der Waals surface area contributed by atoms with Gasteiger partial charge in [-0.25, -0.2) is 4.79 Å². The third-order valence-corrected chi connectivity index (χ3v) is 4.40. The largest absolute Gasteiger partial charge is 0.381 e. The second kappa shape index (κ2) is 6.09. The Morgan fingerprint density at radius 1 is 1.53 bits per heavy atom. The average Bonchev–Trinajstić information content (AvgIpc) is 2.92. The fourth-order valence-electron chi connectivity index (χ4n) is 2.67. The second-order valence-corrected chi connectivity index (χ2v) is 5.94. The van der Waals surface area contributed by atoms with E-state index in [0.717, 1.165) is 26.1 Å². The molecule has 2 rings (SSSR count). The van der Waals surface area contributed by atoms with Gasteiger partial charge in [0.15, 0.2) is 0 Å². The number of carbonyl (C=O) groups excluding carboxylic acids is 1. The molecule has 2 aliphatic rings. The normalized spacial score (nSPS) is 33.2. The van der Waals surface area contributed by atoms with E-state index >= 15 is 0 Å². The van der Waals surface area contributed by atoms with Crippen LogP contribution in [-0.2, 0) is 9.47 Å². The van der Waals surface area contributed by atoms with Gasteiger partial charge >= 0.3 is 6.03 Å². The van der Waals surface area contributed by atoms with Crippen LogP contribution in [0.3, 0.4) is 0 Å². The van der Waals surface area contributed by atoms with Crippen LogP contribution in [0.2, 0.25) is 0 Å². The molecule has 3 atom stereocenters. The minimum atomic E-state index is -0.199. The van der Waals surface area contributed by atoms with Crippen molar-refractivity contribution in [2.45, 2.75) is 45.3 Å². The predicted molar refractivity (Wildman–Crippen MR) is 73.1 cm³/mol. The third-order valence-electron chi connectivity index (χ3n) is 4.40. The Balaban J connectivity index is 1.85. The van der Waals surface area contributed by atoms with E-state index in [1.54, 1.807) is 0 Å². The predicted octanol–water partition coefficient (Wildman–Crippen LogP) is 1.62. The van der Waals surface area contributed by atoms with Gasteiger partial charge in [0.2, 0.25) is 0 Å². The van der Waals surface area contributed by atoms with Crippen LogP contribution in [0, 0.1) is 5.92 Å². The van der Waals surface area contributed by atoms with E-state index in [1.165, 1.54) is 0 Å². The monoisotopic (exact) mass is 270 g/mol. The van der Waals surface area contributed by atoms with E-state index in [0.29, 0.717) is 25.6 Å². The second-order valence-electron chi connectivity index (χ2n) is 5.94. The van der Waals surface area contributed by atoms with Crippen molar-refractivity contribution in [2.75, 3.05) is 32.9 Å². The summed E-state index contributed by atoms with van der Waals surface area (Å²) >= 11 is 0. The summed E-state index contributed by atoms with van der Waals surface area (Å²) in [6.45, 7) is 9.78. The first-order valence-corrected chi connectivity index (χ1v) is 7.31. The molecule has 2 heterocycles. The summed E-state index contributed by atoms with van der Waals surface area (Å²) in [6, 6.07) is 0.202. The van der Waals surface area contributed by atoms with Gasteiger partial charge in [0.25, 0.3) is 0 Å². The highest BCUT2D eigenvalue weighted by Gasteiger charge is 2.33. The smallest absolute Gasteiger partial charge is 0.317 e. The molecule has 0 radical (unpaired) electrons. The lowest BCUT2D eigenvalue weighted by atomic mass is 10.00. The van der Waals surface area contributed by atoms with E-state index in [2.05, 4.69) is 26.1 Å². The fraction of sp³-hybridized carbons (Fsp3) is 0.929. The SMILES string of the molecule is CCC1(C)CN(C(=O)NC(C)C2CCOC2)CCO1. The lowest BCUT2D eigenvalue weighted by molar-refractivity contribution is -0.0875. The molecule has 0 saturated carbocycles. The standard InChI is InChI=1S/C14H26N2O3/c1-4-14(3)10-16(6-8-19-14)13(17)15-11(2)12-5-7-18-9-12/h11-12H,4-10H2,1-3H3,(H,15,17). The quantitative estimate of drug-likeness (QED) is 0.848. The van der Waals surface area contributed by atoms with Crippen molar-refractivity contribution < 1.29 is 14.3 Å². The summed E-state index contributed by atoms with van der Waals surface area (Å²) in [4.78, 5) is 14.2. The van der Waals surface area contributed by atoms with Gasteiger partial charge in [-0.1, -0.05) is 6.92 Å². The van der Waals surface area contributed by atoms with Crippen molar-refractivity contribution in [3.63, 3.8) is 0 Å². The fourth-order valence-corrected chi connectivity index (χ4v) is 2.67. The van der Waals surface area contributed by atoms with Gasteiger partial charge in [-0.2, -0.15) is 0 Å². The van der Waals surface area contributed by atoms with Gasteiger partial charge in [0.05, 0.1) is 25.4 Å². The topological polar surface area (TPSA) is 50.8 Å². The highest BCUT2D eigenvalue weighted by Crippen LogP contribution is 2.21. The molecule has 2 amide bonds. The first kappa shape index (κ1) is 14.6. The number of morpholine rings is 1. The maximum absolute atomic E-state index is 12.3. The van der Waals surface area contributed by atoms with E-state index in [-0.39, 0.29) is 17.7 Å². The van der Waals surface area contributed by atoms with E-state index < -0.39 is 0 Å².